The summed E-state index contributed by atoms with van der Waals surface area (Å²) in [6.07, 6.45) is 1.03. The second-order valence-corrected chi connectivity index (χ2v) is 10.3. The van der Waals surface area contributed by atoms with Gasteiger partial charge in [0.05, 0.1) is 50.4 Å². The van der Waals surface area contributed by atoms with Gasteiger partial charge in [0, 0.05) is 26.2 Å². The smallest absolute Gasteiger partial charge is 0.312 e. The summed E-state index contributed by atoms with van der Waals surface area (Å²) < 4.78 is 17.1. The van der Waals surface area contributed by atoms with Crippen LogP contribution in [0.4, 0.5) is 0 Å². The molecule has 2 N–H and O–H groups in total. The van der Waals surface area contributed by atoms with E-state index in [2.05, 4.69) is 10.2 Å². The second-order valence-electron chi connectivity index (χ2n) is 10.3. The highest BCUT2D eigenvalue weighted by molar-refractivity contribution is 5.98. The fourth-order valence-electron chi connectivity index (χ4n) is 6.69. The minimum absolute atomic E-state index is 0.207. The first-order chi connectivity index (χ1) is 18.0. The quantitative estimate of drug-likeness (QED) is 0.418. The average Bonchev–Trinajstić information content (AvgIpc) is 3.56. The number of ether oxygens (including phenoxy) is 3. The van der Waals surface area contributed by atoms with Crippen molar-refractivity contribution in [1.29, 1.82) is 0 Å². The lowest BCUT2D eigenvalue weighted by atomic mass is 9.71. The summed E-state index contributed by atoms with van der Waals surface area (Å²) in [5, 5.41) is 13.5. The number of aliphatic hydroxyl groups is 1. The third-order valence-corrected chi connectivity index (χ3v) is 8.29. The summed E-state index contributed by atoms with van der Waals surface area (Å²) in [6, 6.07) is 8.02. The summed E-state index contributed by atoms with van der Waals surface area (Å²) in [5.41, 5.74) is -0.158. The van der Waals surface area contributed by atoms with Crippen LogP contribution in [0.3, 0.4) is 0 Å². The number of morpholine rings is 1. The average molecular weight is 516 g/mol. The molecule has 4 saturated heterocycles. The zero-order chi connectivity index (χ0) is 26.0. The van der Waals surface area contributed by atoms with Crippen LogP contribution in [0.1, 0.15) is 25.3 Å². The number of hydrogen-bond donors (Lipinski definition) is 2. The van der Waals surface area contributed by atoms with Gasteiger partial charge in [0.1, 0.15) is 11.6 Å². The number of aliphatic hydroxyl groups excluding tert-OH is 1. The number of nitrogens with one attached hydrogen (secondary N) is 1. The molecule has 37 heavy (non-hydrogen) atoms. The zero-order valence-corrected chi connectivity index (χ0v) is 21.3. The molecule has 4 aliphatic rings. The number of rotatable bonds is 10. The van der Waals surface area contributed by atoms with Gasteiger partial charge in [0.15, 0.2) is 0 Å². The fourth-order valence-corrected chi connectivity index (χ4v) is 6.69. The number of fused-ring (bicyclic) bond motifs is 1. The van der Waals surface area contributed by atoms with Crippen molar-refractivity contribution < 1.29 is 33.7 Å². The summed E-state index contributed by atoms with van der Waals surface area (Å²) in [4.78, 5) is 44.5. The highest BCUT2D eigenvalue weighted by atomic mass is 16.6. The van der Waals surface area contributed by atoms with Crippen LogP contribution in [0.2, 0.25) is 0 Å². The predicted octanol–water partition coefficient (Wildman–Crippen LogP) is -0.0239. The van der Waals surface area contributed by atoms with E-state index in [1.54, 1.807) is 6.92 Å². The number of hydrogen-bond acceptors (Lipinski definition) is 8. The molecule has 5 rings (SSSR count). The molecule has 1 aromatic rings. The Morgan fingerprint density at radius 2 is 2.00 bits per heavy atom. The van der Waals surface area contributed by atoms with Crippen LogP contribution in [0.5, 0.6) is 0 Å². The van der Waals surface area contributed by atoms with Crippen LogP contribution < -0.4 is 5.32 Å². The van der Waals surface area contributed by atoms with Gasteiger partial charge in [-0.25, -0.2) is 0 Å². The van der Waals surface area contributed by atoms with Crippen molar-refractivity contribution in [2.45, 2.75) is 50.0 Å². The lowest BCUT2D eigenvalue weighted by Gasteiger charge is -2.37. The van der Waals surface area contributed by atoms with Crippen LogP contribution in [0.15, 0.2) is 30.3 Å². The maximum atomic E-state index is 14.0. The maximum absolute atomic E-state index is 14.0. The molecule has 0 aliphatic carbocycles. The highest BCUT2D eigenvalue weighted by Crippen LogP contribution is 2.59. The first kappa shape index (κ1) is 26.1. The van der Waals surface area contributed by atoms with Crippen molar-refractivity contribution in [3.8, 4) is 0 Å². The molecule has 1 aromatic carbocycles. The van der Waals surface area contributed by atoms with Gasteiger partial charge in [-0.2, -0.15) is 0 Å². The van der Waals surface area contributed by atoms with E-state index < -0.39 is 41.6 Å². The topological polar surface area (TPSA) is 118 Å². The Labute approximate surface area is 217 Å². The van der Waals surface area contributed by atoms with Gasteiger partial charge in [-0.15, -0.1) is 0 Å². The second kappa shape index (κ2) is 11.1. The third kappa shape index (κ3) is 4.76. The van der Waals surface area contributed by atoms with Crippen molar-refractivity contribution in [1.82, 2.24) is 15.1 Å². The summed E-state index contributed by atoms with van der Waals surface area (Å²) in [7, 11) is 0. The molecule has 2 amide bonds. The molecule has 0 aromatic heterocycles. The molecule has 4 fully saturated rings. The van der Waals surface area contributed by atoms with E-state index in [4.69, 9.17) is 14.2 Å². The van der Waals surface area contributed by atoms with Crippen LogP contribution in [0.25, 0.3) is 0 Å². The molecule has 10 heteroatoms. The van der Waals surface area contributed by atoms with E-state index in [0.29, 0.717) is 45.6 Å². The van der Waals surface area contributed by atoms with Crippen LogP contribution >= 0.6 is 0 Å². The highest BCUT2D eigenvalue weighted by Gasteiger charge is 2.75. The van der Waals surface area contributed by atoms with E-state index in [0.717, 1.165) is 18.7 Å². The molecule has 202 valence electrons. The Balaban J connectivity index is 1.42. The molecule has 4 heterocycles. The molecule has 2 bridgehead atoms. The van der Waals surface area contributed by atoms with Gasteiger partial charge < -0.3 is 29.5 Å². The molecule has 1 spiro atoms. The normalized spacial score (nSPS) is 31.8. The third-order valence-electron chi connectivity index (χ3n) is 8.29. The van der Waals surface area contributed by atoms with E-state index in [1.165, 1.54) is 4.90 Å². The van der Waals surface area contributed by atoms with Gasteiger partial charge in [0.2, 0.25) is 11.8 Å². The van der Waals surface area contributed by atoms with Crippen molar-refractivity contribution in [2.24, 2.45) is 11.8 Å². The first-order valence-electron chi connectivity index (χ1n) is 13.4. The molecular weight excluding hydrogens is 478 g/mol. The molecule has 0 radical (unpaired) electrons. The summed E-state index contributed by atoms with van der Waals surface area (Å²) >= 11 is 0. The maximum Gasteiger partial charge on any atom is 0.312 e. The van der Waals surface area contributed by atoms with E-state index in [1.807, 2.05) is 30.3 Å². The SMILES string of the molecule is CCOC(=O)[C@@H]1[C@H]2C(=O)N([C@@H](CO)Cc3ccccc3)[C@H](C(=O)NCCN3CCOCC3)[C@]23CC[C@H]1O3. The predicted molar refractivity (Wildman–Crippen MR) is 132 cm³/mol. The van der Waals surface area contributed by atoms with Crippen molar-refractivity contribution in [3.05, 3.63) is 35.9 Å². The largest absolute Gasteiger partial charge is 0.466 e. The van der Waals surface area contributed by atoms with Gasteiger partial charge in [-0.05, 0) is 31.7 Å². The van der Waals surface area contributed by atoms with Crippen molar-refractivity contribution in [3.63, 3.8) is 0 Å². The standard InChI is InChI=1S/C27H37N3O7/c1-2-36-26(34)21-20-8-9-27(37-20)22(21)25(33)30(19(17-31)16-18-6-4-3-5-7-18)23(27)24(32)28-10-11-29-12-14-35-15-13-29/h3-7,19-23,31H,2,8-17H2,1H3,(H,28,32)/t19-,20-,21+,22+,23-,27+/m1/s1. The number of esters is 1. The van der Waals surface area contributed by atoms with Crippen molar-refractivity contribution in [2.75, 3.05) is 52.6 Å². The summed E-state index contributed by atoms with van der Waals surface area (Å²) in [5.74, 6) is -2.62. The molecule has 10 nitrogen and oxygen atoms in total. The van der Waals surface area contributed by atoms with Crippen molar-refractivity contribution >= 4 is 17.8 Å². The Morgan fingerprint density at radius 1 is 1.24 bits per heavy atom. The molecule has 6 atom stereocenters. The molecule has 4 aliphatic heterocycles. The fraction of sp³-hybridized carbons (Fsp3) is 0.667. The van der Waals surface area contributed by atoms with Gasteiger partial charge in [-0.3, -0.25) is 19.3 Å². The van der Waals surface area contributed by atoms with Gasteiger partial charge >= 0.3 is 5.97 Å². The number of amides is 2. The zero-order valence-electron chi connectivity index (χ0n) is 21.3. The van der Waals surface area contributed by atoms with E-state index in [-0.39, 0.29) is 25.0 Å². The summed E-state index contributed by atoms with van der Waals surface area (Å²) in [6.45, 7) is 5.69. The number of carbonyl (C=O) groups excluding carboxylic acids is 3. The molecular formula is C27H37N3O7. The van der Waals surface area contributed by atoms with E-state index >= 15 is 0 Å². The Kier molecular flexibility index (Phi) is 7.80. The first-order valence-corrected chi connectivity index (χ1v) is 13.4. The lowest BCUT2D eigenvalue weighted by molar-refractivity contribution is -0.155. The molecule has 0 saturated carbocycles. The minimum Gasteiger partial charge on any atom is -0.466 e. The van der Waals surface area contributed by atoms with Gasteiger partial charge in [0.25, 0.3) is 0 Å². The number of nitrogens with zero attached hydrogens (tertiary/aromatic N) is 2. The monoisotopic (exact) mass is 515 g/mol. The number of carbonyl (C=O) groups is 3. The minimum atomic E-state index is -1.10. The van der Waals surface area contributed by atoms with Crippen LogP contribution in [0, 0.1) is 11.8 Å². The van der Waals surface area contributed by atoms with Crippen LogP contribution in [-0.2, 0) is 35.0 Å². The molecule has 0 unspecified atom stereocenters. The Hall–Kier alpha value is -2.53. The van der Waals surface area contributed by atoms with Gasteiger partial charge in [-0.1, -0.05) is 30.3 Å². The van der Waals surface area contributed by atoms with Crippen LogP contribution in [-0.4, -0.2) is 109 Å². The van der Waals surface area contributed by atoms with E-state index in [9.17, 15) is 19.5 Å². The Bertz CT molecular complexity index is 985. The Morgan fingerprint density at radius 3 is 2.70 bits per heavy atom. The number of likely N-dealkylation sites (tertiary alicyclic amines) is 1. The lowest BCUT2D eigenvalue weighted by Crippen LogP contribution is -2.59. The number of benzene rings is 1.